The maximum atomic E-state index is 12.0. The predicted octanol–water partition coefficient (Wildman–Crippen LogP) is 4.45. The average molecular weight is 411 g/mol. The molecule has 1 N–H and O–H groups in total. The zero-order valence-electron chi connectivity index (χ0n) is 13.3. The molecule has 0 aliphatic carbocycles. The zero-order valence-corrected chi connectivity index (χ0v) is 15.6. The van der Waals surface area contributed by atoms with Crippen molar-refractivity contribution in [2.24, 2.45) is 0 Å². The van der Waals surface area contributed by atoms with E-state index < -0.39 is 0 Å². The van der Waals surface area contributed by atoms with Crippen molar-refractivity contribution in [3.05, 3.63) is 63.1 Å². The third-order valence-electron chi connectivity index (χ3n) is 3.33. The second-order valence-corrected chi connectivity index (χ2v) is 6.13. The van der Waals surface area contributed by atoms with E-state index in [9.17, 15) is 4.79 Å². The molecule has 4 nitrogen and oxygen atoms in total. The van der Waals surface area contributed by atoms with E-state index in [1.807, 2.05) is 24.3 Å². The Morgan fingerprint density at radius 1 is 1.21 bits per heavy atom. The van der Waals surface area contributed by atoms with Gasteiger partial charge in [-0.2, -0.15) is 0 Å². The summed E-state index contributed by atoms with van der Waals surface area (Å²) in [5, 5.41) is 3.42. The Labute approximate surface area is 154 Å². The van der Waals surface area contributed by atoms with Gasteiger partial charge >= 0.3 is 0 Å². The van der Waals surface area contributed by atoms with E-state index in [2.05, 4.69) is 21.2 Å². The van der Waals surface area contributed by atoms with E-state index in [4.69, 9.17) is 21.1 Å². The number of rotatable bonds is 6. The van der Waals surface area contributed by atoms with Crippen LogP contribution >= 0.6 is 27.5 Å². The van der Waals surface area contributed by atoms with Gasteiger partial charge in [-0.25, -0.2) is 0 Å². The number of hydrogen-bond donors (Lipinski definition) is 1. The van der Waals surface area contributed by atoms with E-state index >= 15 is 0 Å². The van der Waals surface area contributed by atoms with Gasteiger partial charge in [0.15, 0.2) is 11.5 Å². The summed E-state index contributed by atoms with van der Waals surface area (Å²) in [4.78, 5) is 12.0. The molecule has 0 aliphatic heterocycles. The first-order chi connectivity index (χ1) is 11.5. The van der Waals surface area contributed by atoms with Gasteiger partial charge in [0.05, 0.1) is 14.2 Å². The minimum atomic E-state index is -0.211. The Morgan fingerprint density at radius 2 is 1.88 bits per heavy atom. The summed E-state index contributed by atoms with van der Waals surface area (Å²) in [6.45, 7) is 0.354. The van der Waals surface area contributed by atoms with Crippen molar-refractivity contribution in [3.63, 3.8) is 0 Å². The number of carbonyl (C=O) groups excluding carboxylic acids is 1. The van der Waals surface area contributed by atoms with E-state index in [1.54, 1.807) is 32.4 Å². The van der Waals surface area contributed by atoms with Crippen LogP contribution in [0.4, 0.5) is 0 Å². The number of benzene rings is 2. The summed E-state index contributed by atoms with van der Waals surface area (Å²) in [6, 6.07) is 11.0. The number of nitrogens with one attached hydrogen (secondary N) is 1. The number of methoxy groups -OCH3 is 2. The normalized spacial score (nSPS) is 10.7. The van der Waals surface area contributed by atoms with Gasteiger partial charge in [0.1, 0.15) is 0 Å². The lowest BCUT2D eigenvalue weighted by atomic mass is 10.2. The van der Waals surface area contributed by atoms with Crippen molar-refractivity contribution in [1.82, 2.24) is 5.32 Å². The maximum Gasteiger partial charge on any atom is 0.244 e. The zero-order chi connectivity index (χ0) is 17.5. The minimum Gasteiger partial charge on any atom is -0.493 e. The second kappa shape index (κ2) is 8.76. The molecule has 1 amide bonds. The van der Waals surface area contributed by atoms with Crippen molar-refractivity contribution in [1.29, 1.82) is 0 Å². The summed E-state index contributed by atoms with van der Waals surface area (Å²) in [5.41, 5.74) is 1.67. The Morgan fingerprint density at radius 3 is 2.54 bits per heavy atom. The summed E-state index contributed by atoms with van der Waals surface area (Å²) >= 11 is 9.51. The smallest absolute Gasteiger partial charge is 0.244 e. The van der Waals surface area contributed by atoms with Crippen LogP contribution in [0.5, 0.6) is 11.5 Å². The molecule has 0 bridgehead atoms. The van der Waals surface area contributed by atoms with Crippen LogP contribution in [-0.2, 0) is 11.3 Å². The summed E-state index contributed by atoms with van der Waals surface area (Å²) in [5.74, 6) is 1.02. The Hall–Kier alpha value is -1.98. The molecule has 0 heterocycles. The molecule has 2 rings (SSSR count). The van der Waals surface area contributed by atoms with Crippen molar-refractivity contribution < 1.29 is 14.3 Å². The first kappa shape index (κ1) is 18.4. The van der Waals surface area contributed by atoms with Crippen molar-refractivity contribution in [2.45, 2.75) is 6.54 Å². The van der Waals surface area contributed by atoms with Crippen LogP contribution in [0.25, 0.3) is 6.08 Å². The quantitative estimate of drug-likeness (QED) is 0.716. The fourth-order valence-corrected chi connectivity index (χ4v) is 2.71. The highest BCUT2D eigenvalue weighted by Crippen LogP contribution is 2.33. The third-order valence-corrected chi connectivity index (χ3v) is 4.41. The van der Waals surface area contributed by atoms with Gasteiger partial charge in [0.25, 0.3) is 0 Å². The third kappa shape index (κ3) is 4.76. The first-order valence-corrected chi connectivity index (χ1v) is 8.33. The predicted molar refractivity (Wildman–Crippen MR) is 99.6 cm³/mol. The highest BCUT2D eigenvalue weighted by atomic mass is 79.9. The van der Waals surface area contributed by atoms with Crippen LogP contribution in [0.15, 0.2) is 46.9 Å². The molecule has 6 heteroatoms. The van der Waals surface area contributed by atoms with E-state index in [0.29, 0.717) is 23.1 Å². The molecule has 0 saturated heterocycles. The fourth-order valence-electron chi connectivity index (χ4n) is 2.05. The minimum absolute atomic E-state index is 0.211. The molecule has 0 fully saturated rings. The largest absolute Gasteiger partial charge is 0.493 e. The molecule has 0 aliphatic rings. The molecule has 0 aromatic heterocycles. The molecule has 2 aromatic carbocycles. The van der Waals surface area contributed by atoms with Gasteiger partial charge in [-0.15, -0.1) is 0 Å². The van der Waals surface area contributed by atoms with Crippen LogP contribution in [0.1, 0.15) is 11.1 Å². The molecular weight excluding hydrogens is 394 g/mol. The van der Waals surface area contributed by atoms with Gasteiger partial charge in [0, 0.05) is 22.1 Å². The maximum absolute atomic E-state index is 12.0. The Kier molecular flexibility index (Phi) is 6.70. The summed E-state index contributed by atoms with van der Waals surface area (Å²) < 4.78 is 11.3. The van der Waals surface area contributed by atoms with Crippen molar-refractivity contribution in [3.8, 4) is 11.5 Å². The molecule has 2 aromatic rings. The van der Waals surface area contributed by atoms with Crippen molar-refractivity contribution in [2.75, 3.05) is 14.2 Å². The lowest BCUT2D eigenvalue weighted by Crippen LogP contribution is -2.20. The van der Waals surface area contributed by atoms with Crippen LogP contribution < -0.4 is 14.8 Å². The SMILES string of the molecule is COc1cc(Br)c(CNC(=O)/C=C/c2ccccc2Cl)cc1OC. The first-order valence-electron chi connectivity index (χ1n) is 7.16. The molecule has 0 atom stereocenters. The Balaban J connectivity index is 2.03. The van der Waals surface area contributed by atoms with E-state index in [-0.39, 0.29) is 5.91 Å². The average Bonchev–Trinajstić information content (AvgIpc) is 2.59. The lowest BCUT2D eigenvalue weighted by molar-refractivity contribution is -0.116. The molecule has 0 spiro atoms. The molecule has 24 heavy (non-hydrogen) atoms. The second-order valence-electron chi connectivity index (χ2n) is 4.87. The number of halogens is 2. The molecule has 0 radical (unpaired) electrons. The topological polar surface area (TPSA) is 47.6 Å². The lowest BCUT2D eigenvalue weighted by Gasteiger charge is -2.12. The van der Waals surface area contributed by atoms with E-state index in [0.717, 1.165) is 15.6 Å². The highest BCUT2D eigenvalue weighted by Gasteiger charge is 2.10. The highest BCUT2D eigenvalue weighted by molar-refractivity contribution is 9.10. The van der Waals surface area contributed by atoms with Gasteiger partial charge < -0.3 is 14.8 Å². The van der Waals surface area contributed by atoms with Crippen LogP contribution in [0.3, 0.4) is 0 Å². The summed E-state index contributed by atoms with van der Waals surface area (Å²) in [6.07, 6.45) is 3.14. The molecular formula is C18H17BrClNO3. The van der Waals surface area contributed by atoms with Gasteiger partial charge in [-0.3, -0.25) is 4.79 Å². The van der Waals surface area contributed by atoms with Crippen LogP contribution in [0, 0.1) is 0 Å². The number of ether oxygens (including phenoxy) is 2. The van der Waals surface area contributed by atoms with Gasteiger partial charge in [-0.1, -0.05) is 45.7 Å². The van der Waals surface area contributed by atoms with Crippen molar-refractivity contribution >= 4 is 39.5 Å². The monoisotopic (exact) mass is 409 g/mol. The number of carbonyl (C=O) groups is 1. The standard InChI is InChI=1S/C18H17BrClNO3/c1-23-16-9-13(14(19)10-17(16)24-2)11-21-18(22)8-7-12-5-3-4-6-15(12)20/h3-10H,11H2,1-2H3,(H,21,22)/b8-7+. The molecule has 126 valence electrons. The number of hydrogen-bond acceptors (Lipinski definition) is 3. The van der Waals surface area contributed by atoms with Gasteiger partial charge in [-0.05, 0) is 35.4 Å². The van der Waals surface area contributed by atoms with E-state index in [1.165, 1.54) is 6.08 Å². The molecule has 0 saturated carbocycles. The fraction of sp³-hybridized carbons (Fsp3) is 0.167. The molecule has 0 unspecified atom stereocenters. The van der Waals surface area contributed by atoms with Crippen LogP contribution in [0.2, 0.25) is 5.02 Å². The Bertz CT molecular complexity index is 762. The summed E-state index contributed by atoms with van der Waals surface area (Å²) in [7, 11) is 3.14. The van der Waals surface area contributed by atoms with Gasteiger partial charge in [0.2, 0.25) is 5.91 Å². The number of amides is 1. The van der Waals surface area contributed by atoms with Crippen LogP contribution in [-0.4, -0.2) is 20.1 Å².